The van der Waals surface area contributed by atoms with Crippen LogP contribution < -0.4 is 19.3 Å². The molecular formula is C25H26N4O11. The second kappa shape index (κ2) is 14.5. The van der Waals surface area contributed by atoms with Crippen molar-refractivity contribution in [1.82, 2.24) is 0 Å². The highest BCUT2D eigenvalue weighted by molar-refractivity contribution is 6.34. The quantitative estimate of drug-likeness (QED) is 0.0696. The van der Waals surface area contributed by atoms with E-state index in [0.717, 1.165) is 15.4 Å². The van der Waals surface area contributed by atoms with E-state index in [-0.39, 0.29) is 41.7 Å². The molecule has 0 saturated heterocycles. The molecule has 0 fully saturated rings. The topological polar surface area (TPSA) is 228 Å². The molecular weight excluding hydrogens is 532 g/mol. The van der Waals surface area contributed by atoms with Gasteiger partial charge in [0.2, 0.25) is 0 Å². The van der Waals surface area contributed by atoms with Gasteiger partial charge in [0, 0.05) is 11.8 Å². The predicted molar refractivity (Wildman–Crippen MR) is 138 cm³/mol. The lowest BCUT2D eigenvalue weighted by Gasteiger charge is -2.24. The van der Waals surface area contributed by atoms with Gasteiger partial charge in [-0.05, 0) is 36.8 Å². The van der Waals surface area contributed by atoms with Gasteiger partial charge in [-0.25, -0.2) is 0 Å². The highest BCUT2D eigenvalue weighted by atomic mass is 16.5. The molecule has 2 rings (SSSR count). The molecule has 2 aromatic rings. The maximum absolute atomic E-state index is 12.4. The number of hydrogen-bond acceptors (Lipinski definition) is 9. The number of carboxylic acid groups (broad SMARTS) is 4. The van der Waals surface area contributed by atoms with Crippen molar-refractivity contribution >= 4 is 47.2 Å². The second-order valence-electron chi connectivity index (χ2n) is 8.24. The highest BCUT2D eigenvalue weighted by Gasteiger charge is 2.21. The first kappa shape index (κ1) is 30.8. The molecule has 0 aromatic heterocycles. The molecule has 0 unspecified atom stereocenters. The lowest BCUT2D eigenvalue weighted by Crippen LogP contribution is -2.34. The molecule has 0 aliphatic carbocycles. The summed E-state index contributed by atoms with van der Waals surface area (Å²) >= 11 is 0. The first-order chi connectivity index (χ1) is 18.9. The number of rotatable bonds is 17. The average Bonchev–Trinajstić information content (AvgIpc) is 2.85. The molecule has 15 heteroatoms. The van der Waals surface area contributed by atoms with Crippen molar-refractivity contribution in [3.63, 3.8) is 0 Å². The van der Waals surface area contributed by atoms with Crippen molar-refractivity contribution in [2.45, 2.75) is 6.92 Å². The van der Waals surface area contributed by atoms with Gasteiger partial charge in [-0.2, -0.15) is 4.79 Å². The van der Waals surface area contributed by atoms with Crippen LogP contribution in [0.1, 0.15) is 15.9 Å². The SMILES string of the molecule is Cc1ccc(N(CC(=O)O)CC(=O)O)c(OCCOc2cc(N(CC(=O)O)CC(=O)O)ccc2C(=O)C=[N+]=[N-])c1. The summed E-state index contributed by atoms with van der Waals surface area (Å²) in [6, 6.07) is 8.57. The van der Waals surface area contributed by atoms with Gasteiger partial charge < -0.3 is 45.2 Å². The molecule has 0 spiro atoms. The summed E-state index contributed by atoms with van der Waals surface area (Å²) in [5.41, 5.74) is 9.75. The number of nitrogens with zero attached hydrogens (tertiary/aromatic N) is 4. The summed E-state index contributed by atoms with van der Waals surface area (Å²) < 4.78 is 11.4. The molecule has 15 nitrogen and oxygen atoms in total. The zero-order chi connectivity index (χ0) is 29.8. The normalized spacial score (nSPS) is 10.1. The molecule has 2 aromatic carbocycles. The van der Waals surface area contributed by atoms with E-state index in [4.69, 9.17) is 25.2 Å². The van der Waals surface area contributed by atoms with Gasteiger partial charge in [0.15, 0.2) is 0 Å². The minimum absolute atomic E-state index is 0.0718. The van der Waals surface area contributed by atoms with E-state index in [0.29, 0.717) is 6.21 Å². The largest absolute Gasteiger partial charge is 0.489 e. The van der Waals surface area contributed by atoms with Gasteiger partial charge in [0.25, 0.3) is 5.78 Å². The lowest BCUT2D eigenvalue weighted by atomic mass is 10.1. The zero-order valence-corrected chi connectivity index (χ0v) is 21.2. The average molecular weight is 559 g/mol. The monoisotopic (exact) mass is 558 g/mol. The summed E-state index contributed by atoms with van der Waals surface area (Å²) in [5.74, 6) is -5.75. The third kappa shape index (κ3) is 9.46. The Morgan fingerprint density at radius 1 is 0.775 bits per heavy atom. The van der Waals surface area contributed by atoms with Crippen LogP contribution >= 0.6 is 0 Å². The first-order valence-corrected chi connectivity index (χ1v) is 11.5. The highest BCUT2D eigenvalue weighted by Crippen LogP contribution is 2.30. The van der Waals surface area contributed by atoms with Crippen molar-refractivity contribution < 1.29 is 58.7 Å². The molecule has 0 atom stereocenters. The maximum Gasteiger partial charge on any atom is 0.328 e. The molecule has 0 aliphatic rings. The van der Waals surface area contributed by atoms with Crippen LogP contribution in [0.4, 0.5) is 11.4 Å². The fraction of sp³-hybridized carbons (Fsp3) is 0.280. The minimum Gasteiger partial charge on any atom is -0.489 e. The third-order valence-corrected chi connectivity index (χ3v) is 5.13. The molecule has 0 saturated carbocycles. The molecule has 0 radical (unpaired) electrons. The maximum atomic E-state index is 12.4. The molecule has 212 valence electrons. The summed E-state index contributed by atoms with van der Waals surface area (Å²) in [5, 5.41) is 36.7. The lowest BCUT2D eigenvalue weighted by molar-refractivity contribution is -0.138. The van der Waals surface area contributed by atoms with Crippen LogP contribution in [0.25, 0.3) is 5.53 Å². The fourth-order valence-electron chi connectivity index (χ4n) is 3.57. The molecule has 0 amide bonds. The number of carbonyl (C=O) groups is 5. The van der Waals surface area contributed by atoms with Crippen molar-refractivity contribution in [2.24, 2.45) is 0 Å². The fourth-order valence-corrected chi connectivity index (χ4v) is 3.57. The van der Waals surface area contributed by atoms with E-state index in [2.05, 4.69) is 4.79 Å². The number of ketones is 1. The van der Waals surface area contributed by atoms with Crippen molar-refractivity contribution in [1.29, 1.82) is 0 Å². The smallest absolute Gasteiger partial charge is 0.328 e. The van der Waals surface area contributed by atoms with E-state index in [9.17, 15) is 34.2 Å². The summed E-state index contributed by atoms with van der Waals surface area (Å²) in [7, 11) is 0. The Bertz CT molecular complexity index is 1310. The molecule has 0 bridgehead atoms. The Morgan fingerprint density at radius 2 is 1.30 bits per heavy atom. The van der Waals surface area contributed by atoms with Gasteiger partial charge in [-0.3, -0.25) is 24.0 Å². The minimum atomic E-state index is -1.29. The van der Waals surface area contributed by atoms with Crippen molar-refractivity contribution in [3.8, 4) is 11.5 Å². The first-order valence-electron chi connectivity index (χ1n) is 11.5. The van der Waals surface area contributed by atoms with Crippen LogP contribution in [-0.2, 0) is 19.2 Å². The summed E-state index contributed by atoms with van der Waals surface area (Å²) in [6.07, 6.45) is 0.614. The Kier molecular flexibility index (Phi) is 11.2. The number of carbonyl (C=O) groups excluding carboxylic acids is 1. The van der Waals surface area contributed by atoms with Crippen LogP contribution in [-0.4, -0.2) is 100 Å². The van der Waals surface area contributed by atoms with Gasteiger partial charge in [-0.15, -0.1) is 0 Å². The number of aliphatic carboxylic acids is 4. The van der Waals surface area contributed by atoms with Crippen LogP contribution in [0.5, 0.6) is 11.5 Å². The number of aryl methyl sites for hydroxylation is 1. The summed E-state index contributed by atoms with van der Waals surface area (Å²) in [6.45, 7) is -1.13. The van der Waals surface area contributed by atoms with E-state index in [1.165, 1.54) is 24.3 Å². The van der Waals surface area contributed by atoms with Crippen molar-refractivity contribution in [3.05, 3.63) is 53.1 Å². The van der Waals surface area contributed by atoms with Crippen molar-refractivity contribution in [2.75, 3.05) is 49.2 Å². The van der Waals surface area contributed by atoms with Crippen LogP contribution in [0.15, 0.2) is 36.4 Å². The van der Waals surface area contributed by atoms with Crippen LogP contribution in [0, 0.1) is 6.92 Å². The molecule has 40 heavy (non-hydrogen) atoms. The van der Waals surface area contributed by atoms with E-state index < -0.39 is 55.8 Å². The zero-order valence-electron chi connectivity index (χ0n) is 21.2. The van der Waals surface area contributed by atoms with Gasteiger partial charge in [0.05, 0.1) is 11.3 Å². The number of anilines is 2. The van der Waals surface area contributed by atoms with Gasteiger partial charge in [-0.1, -0.05) is 6.07 Å². The van der Waals surface area contributed by atoms with Crippen LogP contribution in [0.2, 0.25) is 0 Å². The molecule has 0 heterocycles. The van der Waals surface area contributed by atoms with E-state index in [1.54, 1.807) is 19.1 Å². The molecule has 4 N–H and O–H groups in total. The second-order valence-corrected chi connectivity index (χ2v) is 8.24. The Hall–Kier alpha value is -5.43. The third-order valence-electron chi connectivity index (χ3n) is 5.13. The Morgan fingerprint density at radius 3 is 1.82 bits per heavy atom. The number of carboxylic acids is 4. The number of ether oxygens (including phenoxy) is 2. The standard InChI is InChI=1S/C25H26N4O11/c1-15-2-5-18(29(13-24(35)36)14-25(37)38)21(8-15)40-7-6-39-20-9-16(3-4-17(20)19(30)10-27-26)28(11-22(31)32)12-23(33)34/h2-5,8-10H,6-7,11-14H2,1H3,(H,31,32)(H,33,34)(H,35,36)(H,37,38). The Balaban J connectivity index is 2.30. The Labute approximate surface area is 227 Å². The van der Waals surface area contributed by atoms with E-state index >= 15 is 0 Å². The predicted octanol–water partition coefficient (Wildman–Crippen LogP) is 0.887. The van der Waals surface area contributed by atoms with Gasteiger partial charge in [0.1, 0.15) is 50.9 Å². The van der Waals surface area contributed by atoms with E-state index in [1.807, 2.05) is 0 Å². The molecule has 0 aliphatic heterocycles. The number of Topliss-reactive ketones (excluding diaryl/α,β-unsaturated/α-hetero) is 1. The summed E-state index contributed by atoms with van der Waals surface area (Å²) in [4.78, 5) is 62.2. The van der Waals surface area contributed by atoms with Gasteiger partial charge >= 0.3 is 30.1 Å². The van der Waals surface area contributed by atoms with Crippen LogP contribution in [0.3, 0.4) is 0 Å². The number of benzene rings is 2. The number of hydrogen-bond donors (Lipinski definition) is 4.